The molecule has 7 heteroatoms. The molecule has 1 amide bonds. The number of esters is 1. The average Bonchev–Trinajstić information content (AvgIpc) is 2.66. The number of nitrogens with zero attached hydrogens (tertiary/aromatic N) is 2. The molecule has 0 aliphatic carbocycles. The van der Waals surface area contributed by atoms with Crippen molar-refractivity contribution >= 4 is 11.9 Å². The molecule has 1 unspecified atom stereocenters. The summed E-state index contributed by atoms with van der Waals surface area (Å²) in [6.45, 7) is 3.71. The number of aromatic nitrogens is 2. The first-order valence-electron chi connectivity index (χ1n) is 6.38. The third-order valence-electron chi connectivity index (χ3n) is 3.23. The van der Waals surface area contributed by atoms with Gasteiger partial charge in [0.05, 0.1) is 19.3 Å². The highest BCUT2D eigenvalue weighted by Crippen LogP contribution is 2.13. The molecule has 0 aliphatic heterocycles. The highest BCUT2D eigenvalue weighted by atomic mass is 16.5. The molecule has 0 saturated carbocycles. The van der Waals surface area contributed by atoms with E-state index in [1.54, 1.807) is 4.68 Å². The minimum Gasteiger partial charge on any atom is -0.467 e. The molecular formula is C13H21N3O4. The summed E-state index contributed by atoms with van der Waals surface area (Å²) in [6.07, 6.45) is -0.474. The van der Waals surface area contributed by atoms with Gasteiger partial charge >= 0.3 is 5.97 Å². The number of aliphatic hydroxyl groups is 1. The molecule has 2 N–H and O–H groups in total. The average molecular weight is 283 g/mol. The number of aliphatic hydroxyl groups excluding tert-OH is 1. The lowest BCUT2D eigenvalue weighted by atomic mass is 10.1. The van der Waals surface area contributed by atoms with Crippen molar-refractivity contribution < 1.29 is 19.4 Å². The van der Waals surface area contributed by atoms with Gasteiger partial charge in [-0.2, -0.15) is 5.10 Å². The van der Waals surface area contributed by atoms with Crippen molar-refractivity contribution in [1.29, 1.82) is 0 Å². The van der Waals surface area contributed by atoms with Gasteiger partial charge in [-0.1, -0.05) is 0 Å². The Labute approximate surface area is 117 Å². The maximum atomic E-state index is 11.7. The number of carbonyl (C=O) groups is 2. The summed E-state index contributed by atoms with van der Waals surface area (Å²) in [5.41, 5.74) is 2.99. The van der Waals surface area contributed by atoms with Gasteiger partial charge in [0.15, 0.2) is 6.10 Å². The number of methoxy groups -OCH3 is 1. The fourth-order valence-corrected chi connectivity index (χ4v) is 1.94. The number of ether oxygens (including phenoxy) is 1. The highest BCUT2D eigenvalue weighted by Gasteiger charge is 2.16. The summed E-state index contributed by atoms with van der Waals surface area (Å²) in [5.74, 6) is -0.986. The van der Waals surface area contributed by atoms with E-state index in [4.69, 9.17) is 0 Å². The van der Waals surface area contributed by atoms with Crippen LogP contribution in [-0.4, -0.2) is 46.5 Å². The van der Waals surface area contributed by atoms with E-state index < -0.39 is 12.1 Å². The molecule has 0 radical (unpaired) electrons. The van der Waals surface area contributed by atoms with E-state index in [-0.39, 0.29) is 18.9 Å². The molecule has 0 spiro atoms. The lowest BCUT2D eigenvalue weighted by Gasteiger charge is -2.09. The first-order chi connectivity index (χ1) is 9.36. The summed E-state index contributed by atoms with van der Waals surface area (Å²) in [5, 5.41) is 16.1. The number of rotatable bonds is 6. The lowest BCUT2D eigenvalue weighted by molar-refractivity contribution is -0.150. The fraction of sp³-hybridized carbons (Fsp3) is 0.615. The van der Waals surface area contributed by atoms with E-state index in [1.165, 1.54) is 7.11 Å². The second kappa shape index (κ2) is 7.04. The van der Waals surface area contributed by atoms with Gasteiger partial charge in [-0.3, -0.25) is 9.48 Å². The Kier molecular flexibility index (Phi) is 5.69. The molecule has 1 aromatic rings. The van der Waals surface area contributed by atoms with Gasteiger partial charge in [-0.15, -0.1) is 0 Å². The predicted octanol–water partition coefficient (Wildman–Crippen LogP) is -0.380. The first kappa shape index (κ1) is 16.2. The number of aryl methyl sites for hydroxylation is 2. The molecule has 0 fully saturated rings. The highest BCUT2D eigenvalue weighted by molar-refractivity contribution is 5.78. The van der Waals surface area contributed by atoms with Gasteiger partial charge in [-0.05, 0) is 25.8 Å². The quantitative estimate of drug-likeness (QED) is 0.694. The second-order valence-corrected chi connectivity index (χ2v) is 4.62. The molecule has 7 nitrogen and oxygen atoms in total. The second-order valence-electron chi connectivity index (χ2n) is 4.62. The molecule has 0 saturated heterocycles. The fourth-order valence-electron chi connectivity index (χ4n) is 1.94. The molecule has 1 rings (SSSR count). The van der Waals surface area contributed by atoms with Crippen molar-refractivity contribution in [2.75, 3.05) is 13.7 Å². The maximum Gasteiger partial charge on any atom is 0.336 e. The largest absolute Gasteiger partial charge is 0.467 e. The smallest absolute Gasteiger partial charge is 0.336 e. The van der Waals surface area contributed by atoms with Gasteiger partial charge in [0, 0.05) is 19.2 Å². The molecule has 0 bridgehead atoms. The topological polar surface area (TPSA) is 93.4 Å². The molecule has 0 aromatic carbocycles. The van der Waals surface area contributed by atoms with Crippen LogP contribution in [0.1, 0.15) is 23.4 Å². The van der Waals surface area contributed by atoms with Crippen LogP contribution >= 0.6 is 0 Å². The summed E-state index contributed by atoms with van der Waals surface area (Å²) >= 11 is 0. The third-order valence-corrected chi connectivity index (χ3v) is 3.23. The van der Waals surface area contributed by atoms with E-state index in [0.717, 1.165) is 17.0 Å². The summed E-state index contributed by atoms with van der Waals surface area (Å²) in [7, 11) is 3.04. The Hall–Kier alpha value is -1.89. The van der Waals surface area contributed by atoms with E-state index in [9.17, 15) is 14.7 Å². The normalized spacial score (nSPS) is 12.1. The van der Waals surface area contributed by atoms with Crippen LogP contribution in [0, 0.1) is 13.8 Å². The Morgan fingerprint density at radius 2 is 2.10 bits per heavy atom. The number of carbonyl (C=O) groups excluding carboxylic acids is 2. The van der Waals surface area contributed by atoms with Gasteiger partial charge < -0.3 is 15.2 Å². The van der Waals surface area contributed by atoms with Crippen LogP contribution in [0.5, 0.6) is 0 Å². The molecule has 1 heterocycles. The van der Waals surface area contributed by atoms with E-state index >= 15 is 0 Å². The maximum absolute atomic E-state index is 11.7. The predicted molar refractivity (Wildman–Crippen MR) is 72.0 cm³/mol. The molecular weight excluding hydrogens is 262 g/mol. The molecule has 1 aromatic heterocycles. The van der Waals surface area contributed by atoms with Gasteiger partial charge in [-0.25, -0.2) is 4.79 Å². The zero-order valence-electron chi connectivity index (χ0n) is 12.3. The first-order valence-corrected chi connectivity index (χ1v) is 6.38. The van der Waals surface area contributed by atoms with Gasteiger partial charge in [0.1, 0.15) is 0 Å². The number of nitrogens with one attached hydrogen (secondary N) is 1. The Morgan fingerprint density at radius 3 is 2.60 bits per heavy atom. The van der Waals surface area contributed by atoms with Crippen molar-refractivity contribution in [2.24, 2.45) is 7.05 Å². The van der Waals surface area contributed by atoms with E-state index in [0.29, 0.717) is 6.42 Å². The van der Waals surface area contributed by atoms with Crippen molar-refractivity contribution in [1.82, 2.24) is 15.1 Å². The number of amides is 1. The summed E-state index contributed by atoms with van der Waals surface area (Å²) in [6, 6.07) is 0. The minimum atomic E-state index is -1.33. The summed E-state index contributed by atoms with van der Waals surface area (Å²) in [4.78, 5) is 22.6. The van der Waals surface area contributed by atoms with E-state index in [1.807, 2.05) is 20.9 Å². The Morgan fingerprint density at radius 1 is 1.45 bits per heavy atom. The van der Waals surface area contributed by atoms with Crippen LogP contribution in [0.25, 0.3) is 0 Å². The Balaban J connectivity index is 2.42. The van der Waals surface area contributed by atoms with Crippen LogP contribution in [0.3, 0.4) is 0 Å². The van der Waals surface area contributed by atoms with Crippen LogP contribution in [0.15, 0.2) is 0 Å². The van der Waals surface area contributed by atoms with Crippen LogP contribution in [0.4, 0.5) is 0 Å². The number of hydrogen-bond acceptors (Lipinski definition) is 5. The summed E-state index contributed by atoms with van der Waals surface area (Å²) < 4.78 is 6.14. The Bertz CT molecular complexity index is 496. The molecule has 0 aliphatic rings. The molecule has 1 atom stereocenters. The molecule has 20 heavy (non-hydrogen) atoms. The monoisotopic (exact) mass is 283 g/mol. The zero-order valence-corrected chi connectivity index (χ0v) is 12.3. The van der Waals surface area contributed by atoms with Crippen molar-refractivity contribution in [2.45, 2.75) is 32.8 Å². The zero-order chi connectivity index (χ0) is 15.3. The van der Waals surface area contributed by atoms with Crippen molar-refractivity contribution in [3.05, 3.63) is 17.0 Å². The van der Waals surface area contributed by atoms with Gasteiger partial charge in [0.2, 0.25) is 5.91 Å². The minimum absolute atomic E-state index is 0.142. The number of hydrogen-bond donors (Lipinski definition) is 2. The van der Waals surface area contributed by atoms with Crippen molar-refractivity contribution in [3.63, 3.8) is 0 Å². The van der Waals surface area contributed by atoms with Crippen LogP contribution < -0.4 is 5.32 Å². The standard InChI is InChI=1S/C13H21N3O4/c1-8-10(9(2)16(3)15-8)5-6-12(18)14-7-11(17)13(19)20-4/h11,17H,5-7H2,1-4H3,(H,14,18). The lowest BCUT2D eigenvalue weighted by Crippen LogP contribution is -2.37. The van der Waals surface area contributed by atoms with Gasteiger partial charge in [0.25, 0.3) is 0 Å². The van der Waals surface area contributed by atoms with Crippen molar-refractivity contribution in [3.8, 4) is 0 Å². The van der Waals surface area contributed by atoms with E-state index in [2.05, 4.69) is 15.2 Å². The molecule has 112 valence electrons. The van der Waals surface area contributed by atoms with Crippen LogP contribution in [-0.2, 0) is 27.8 Å². The third kappa shape index (κ3) is 4.06. The SMILES string of the molecule is COC(=O)C(O)CNC(=O)CCc1c(C)nn(C)c1C. The van der Waals surface area contributed by atoms with Crippen LogP contribution in [0.2, 0.25) is 0 Å².